The molecule has 0 radical (unpaired) electrons. The molecular formula is C19H22N2O3S. The molecule has 6 heteroatoms. The maximum atomic E-state index is 5.84. The van der Waals surface area contributed by atoms with Gasteiger partial charge in [0.05, 0.1) is 6.04 Å². The standard InChI is InChI=1S/C19H22N2O3S/c1-13-5-3-4-6-16(13)24-12-14(2)20-19(25)21-15-7-8-17-18(11-15)23-10-9-22-17/h3-8,11,14H,9-10,12H2,1-2H3,(H2,20,21,25)/t14-/m1/s1. The van der Waals surface area contributed by atoms with Gasteiger partial charge in [-0.15, -0.1) is 0 Å². The highest BCUT2D eigenvalue weighted by atomic mass is 32.1. The van der Waals surface area contributed by atoms with Crippen LogP contribution in [0.3, 0.4) is 0 Å². The quantitative estimate of drug-likeness (QED) is 0.798. The zero-order chi connectivity index (χ0) is 17.6. The highest BCUT2D eigenvalue weighted by Gasteiger charge is 2.12. The van der Waals surface area contributed by atoms with Gasteiger partial charge < -0.3 is 24.8 Å². The van der Waals surface area contributed by atoms with Crippen LogP contribution in [-0.2, 0) is 0 Å². The van der Waals surface area contributed by atoms with E-state index in [-0.39, 0.29) is 6.04 Å². The van der Waals surface area contributed by atoms with Gasteiger partial charge in [0.2, 0.25) is 0 Å². The fraction of sp³-hybridized carbons (Fsp3) is 0.316. The molecule has 5 nitrogen and oxygen atoms in total. The first kappa shape index (κ1) is 17.4. The molecule has 0 aliphatic carbocycles. The lowest BCUT2D eigenvalue weighted by atomic mass is 10.2. The van der Waals surface area contributed by atoms with Gasteiger partial charge in [-0.2, -0.15) is 0 Å². The molecule has 0 bridgehead atoms. The van der Waals surface area contributed by atoms with Crippen molar-refractivity contribution in [3.8, 4) is 17.2 Å². The number of nitrogens with one attached hydrogen (secondary N) is 2. The van der Waals surface area contributed by atoms with E-state index in [1.165, 1.54) is 0 Å². The zero-order valence-electron chi connectivity index (χ0n) is 14.4. The number of hydrogen-bond donors (Lipinski definition) is 2. The lowest BCUT2D eigenvalue weighted by Gasteiger charge is -2.21. The summed E-state index contributed by atoms with van der Waals surface area (Å²) in [6.45, 7) is 5.72. The van der Waals surface area contributed by atoms with Crippen LogP contribution >= 0.6 is 12.2 Å². The third-order valence-electron chi connectivity index (χ3n) is 3.76. The summed E-state index contributed by atoms with van der Waals surface area (Å²) in [6, 6.07) is 13.7. The van der Waals surface area contributed by atoms with Crippen molar-refractivity contribution in [2.45, 2.75) is 19.9 Å². The van der Waals surface area contributed by atoms with Crippen LogP contribution in [0.1, 0.15) is 12.5 Å². The molecule has 2 aromatic carbocycles. The Labute approximate surface area is 153 Å². The van der Waals surface area contributed by atoms with Crippen LogP contribution in [0.15, 0.2) is 42.5 Å². The smallest absolute Gasteiger partial charge is 0.171 e. The average molecular weight is 358 g/mol. The summed E-state index contributed by atoms with van der Waals surface area (Å²) in [5.74, 6) is 2.38. The predicted molar refractivity (Wildman–Crippen MR) is 103 cm³/mol. The maximum Gasteiger partial charge on any atom is 0.171 e. The molecule has 1 aliphatic rings. The van der Waals surface area contributed by atoms with Gasteiger partial charge in [-0.3, -0.25) is 0 Å². The van der Waals surface area contributed by atoms with Crippen LogP contribution in [0.5, 0.6) is 17.2 Å². The molecule has 1 atom stereocenters. The summed E-state index contributed by atoms with van der Waals surface area (Å²) in [4.78, 5) is 0. The Balaban J connectivity index is 1.49. The Morgan fingerprint density at radius 1 is 1.16 bits per heavy atom. The number of benzene rings is 2. The fourth-order valence-corrected chi connectivity index (χ4v) is 2.81. The molecule has 2 aromatic rings. The summed E-state index contributed by atoms with van der Waals surface area (Å²) in [6.07, 6.45) is 0. The van der Waals surface area contributed by atoms with Crippen molar-refractivity contribution in [2.24, 2.45) is 0 Å². The topological polar surface area (TPSA) is 51.8 Å². The Morgan fingerprint density at radius 3 is 2.72 bits per heavy atom. The van der Waals surface area contributed by atoms with Crippen molar-refractivity contribution >= 4 is 23.0 Å². The molecule has 0 amide bonds. The minimum atomic E-state index is 0.0665. The van der Waals surface area contributed by atoms with E-state index in [4.69, 9.17) is 26.4 Å². The van der Waals surface area contributed by atoms with E-state index in [0.29, 0.717) is 24.9 Å². The molecule has 0 saturated carbocycles. The molecule has 0 fully saturated rings. The largest absolute Gasteiger partial charge is 0.491 e. The van der Waals surface area contributed by atoms with Crippen molar-refractivity contribution in [3.05, 3.63) is 48.0 Å². The number of ether oxygens (including phenoxy) is 3. The van der Waals surface area contributed by atoms with Gasteiger partial charge in [0.15, 0.2) is 16.6 Å². The van der Waals surface area contributed by atoms with E-state index >= 15 is 0 Å². The molecule has 0 unspecified atom stereocenters. The SMILES string of the molecule is Cc1ccccc1OC[C@@H](C)NC(=S)Nc1ccc2c(c1)OCCO2. The van der Waals surface area contributed by atoms with Gasteiger partial charge in [0.1, 0.15) is 25.6 Å². The van der Waals surface area contributed by atoms with Crippen LogP contribution in [0, 0.1) is 6.92 Å². The van der Waals surface area contributed by atoms with Crippen molar-refractivity contribution < 1.29 is 14.2 Å². The highest BCUT2D eigenvalue weighted by Crippen LogP contribution is 2.32. The van der Waals surface area contributed by atoms with Gasteiger partial charge in [0.25, 0.3) is 0 Å². The lowest BCUT2D eigenvalue weighted by Crippen LogP contribution is -2.39. The number of hydrogen-bond acceptors (Lipinski definition) is 4. The number of thiocarbonyl (C=S) groups is 1. The Bertz CT molecular complexity index is 751. The highest BCUT2D eigenvalue weighted by molar-refractivity contribution is 7.80. The van der Waals surface area contributed by atoms with E-state index in [9.17, 15) is 0 Å². The van der Waals surface area contributed by atoms with Crippen LogP contribution in [-0.4, -0.2) is 31.0 Å². The molecule has 0 spiro atoms. The van der Waals surface area contributed by atoms with Gasteiger partial charge >= 0.3 is 0 Å². The van der Waals surface area contributed by atoms with Crippen LogP contribution in [0.4, 0.5) is 5.69 Å². The Morgan fingerprint density at radius 2 is 1.92 bits per heavy atom. The second kappa shape index (κ2) is 8.07. The number of aryl methyl sites for hydroxylation is 1. The first-order valence-corrected chi connectivity index (χ1v) is 8.68. The monoisotopic (exact) mass is 358 g/mol. The number of fused-ring (bicyclic) bond motifs is 1. The lowest BCUT2D eigenvalue weighted by molar-refractivity contribution is 0.171. The van der Waals surface area contributed by atoms with E-state index in [2.05, 4.69) is 10.6 Å². The van der Waals surface area contributed by atoms with Gasteiger partial charge in [0, 0.05) is 11.8 Å². The number of rotatable bonds is 5. The van der Waals surface area contributed by atoms with Gasteiger partial charge in [-0.05, 0) is 49.8 Å². The van der Waals surface area contributed by atoms with Crippen LogP contribution in [0.25, 0.3) is 0 Å². The number of anilines is 1. The molecule has 132 valence electrons. The van der Waals surface area contributed by atoms with Crippen molar-refractivity contribution in [2.75, 3.05) is 25.1 Å². The molecule has 1 aliphatic heterocycles. The second-order valence-electron chi connectivity index (χ2n) is 5.93. The van der Waals surface area contributed by atoms with Crippen molar-refractivity contribution in [1.29, 1.82) is 0 Å². The molecule has 1 heterocycles. The van der Waals surface area contributed by atoms with Gasteiger partial charge in [-0.1, -0.05) is 18.2 Å². The summed E-state index contributed by atoms with van der Waals surface area (Å²) in [5, 5.41) is 6.92. The van der Waals surface area contributed by atoms with E-state index < -0.39 is 0 Å². The summed E-state index contributed by atoms with van der Waals surface area (Å²) in [7, 11) is 0. The Hall–Kier alpha value is -2.47. The molecule has 2 N–H and O–H groups in total. The van der Waals surface area contributed by atoms with Crippen LogP contribution in [0.2, 0.25) is 0 Å². The van der Waals surface area contributed by atoms with Crippen molar-refractivity contribution in [3.63, 3.8) is 0 Å². The number of para-hydroxylation sites is 1. The Kier molecular flexibility index (Phi) is 5.60. The fourth-order valence-electron chi connectivity index (χ4n) is 2.49. The minimum absolute atomic E-state index is 0.0665. The molecule has 3 rings (SSSR count). The van der Waals surface area contributed by atoms with E-state index in [0.717, 1.165) is 28.5 Å². The molecular weight excluding hydrogens is 336 g/mol. The zero-order valence-corrected chi connectivity index (χ0v) is 15.2. The van der Waals surface area contributed by atoms with Crippen LogP contribution < -0.4 is 24.8 Å². The molecule has 0 saturated heterocycles. The first-order valence-electron chi connectivity index (χ1n) is 8.27. The third-order valence-corrected chi connectivity index (χ3v) is 3.98. The van der Waals surface area contributed by atoms with E-state index in [1.54, 1.807) is 0 Å². The van der Waals surface area contributed by atoms with Crippen molar-refractivity contribution in [1.82, 2.24) is 5.32 Å². The first-order chi connectivity index (χ1) is 12.1. The third kappa shape index (κ3) is 4.76. The average Bonchev–Trinajstić information content (AvgIpc) is 2.61. The predicted octanol–water partition coefficient (Wildman–Crippen LogP) is 3.52. The summed E-state index contributed by atoms with van der Waals surface area (Å²) < 4.78 is 16.9. The van der Waals surface area contributed by atoms with Gasteiger partial charge in [-0.25, -0.2) is 0 Å². The summed E-state index contributed by atoms with van der Waals surface area (Å²) >= 11 is 5.37. The molecule has 25 heavy (non-hydrogen) atoms. The maximum absolute atomic E-state index is 5.84. The van der Waals surface area contributed by atoms with E-state index in [1.807, 2.05) is 56.3 Å². The molecule has 0 aromatic heterocycles. The second-order valence-corrected chi connectivity index (χ2v) is 6.34. The minimum Gasteiger partial charge on any atom is -0.491 e. The normalized spacial score (nSPS) is 13.7. The summed E-state index contributed by atoms with van der Waals surface area (Å²) in [5.41, 5.74) is 1.97.